The second-order valence-electron chi connectivity index (χ2n) is 3.24. The number of nitrogens with two attached hydrogens (primary N) is 1. The van der Waals surface area contributed by atoms with Crippen LogP contribution in [0.1, 0.15) is 11.6 Å². The van der Waals surface area contributed by atoms with E-state index >= 15 is 0 Å². The highest BCUT2D eigenvalue weighted by atomic mass is 35.5. The minimum atomic E-state index is -0.505. The number of methoxy groups -OCH3 is 3. The molecule has 0 aliphatic rings. The molecule has 0 amide bonds. The Bertz CT molecular complexity index is 360. The molecule has 0 aliphatic carbocycles. The lowest BCUT2D eigenvalue weighted by Crippen LogP contribution is -2.15. The van der Waals surface area contributed by atoms with Crippen LogP contribution in [0.2, 0.25) is 0 Å². The number of aliphatic hydroxyl groups is 1. The van der Waals surface area contributed by atoms with Crippen LogP contribution in [0.3, 0.4) is 0 Å². The molecule has 0 saturated carbocycles. The number of ether oxygens (including phenoxy) is 3. The lowest BCUT2D eigenvalue weighted by molar-refractivity contribution is 0.263. The van der Waals surface area contributed by atoms with Gasteiger partial charge in [-0.3, -0.25) is 0 Å². The molecule has 1 atom stereocenters. The number of benzene rings is 1. The molecule has 3 N–H and O–H groups in total. The zero-order valence-corrected chi connectivity index (χ0v) is 10.9. The van der Waals surface area contributed by atoms with Gasteiger partial charge in [0.2, 0.25) is 0 Å². The highest BCUT2D eigenvalue weighted by Crippen LogP contribution is 2.36. The molecule has 0 radical (unpaired) electrons. The third-order valence-corrected chi connectivity index (χ3v) is 2.33. The van der Waals surface area contributed by atoms with Gasteiger partial charge in [0.05, 0.1) is 34.0 Å². The van der Waals surface area contributed by atoms with Crippen molar-refractivity contribution in [1.29, 1.82) is 0 Å². The van der Waals surface area contributed by atoms with Gasteiger partial charge in [-0.15, -0.1) is 12.4 Å². The van der Waals surface area contributed by atoms with Crippen LogP contribution in [-0.2, 0) is 0 Å². The topological polar surface area (TPSA) is 73.9 Å². The van der Waals surface area contributed by atoms with Crippen LogP contribution < -0.4 is 19.9 Å². The Labute approximate surface area is 107 Å². The van der Waals surface area contributed by atoms with E-state index in [4.69, 9.17) is 25.1 Å². The average molecular weight is 264 g/mol. The van der Waals surface area contributed by atoms with Gasteiger partial charge < -0.3 is 25.1 Å². The number of aliphatic hydroxyl groups excluding tert-OH is 1. The van der Waals surface area contributed by atoms with Crippen molar-refractivity contribution >= 4 is 12.4 Å². The summed E-state index contributed by atoms with van der Waals surface area (Å²) >= 11 is 0. The smallest absolute Gasteiger partial charge is 0.164 e. The Morgan fingerprint density at radius 3 is 1.94 bits per heavy atom. The third kappa shape index (κ3) is 3.39. The summed E-state index contributed by atoms with van der Waals surface area (Å²) in [5, 5.41) is 9.05. The van der Waals surface area contributed by atoms with Gasteiger partial charge in [-0.1, -0.05) is 0 Å². The first-order chi connectivity index (χ1) is 7.67. The average Bonchev–Trinajstić information content (AvgIpc) is 2.35. The normalized spacial score (nSPS) is 11.4. The largest absolute Gasteiger partial charge is 0.496 e. The van der Waals surface area contributed by atoms with Gasteiger partial charge in [-0.25, -0.2) is 0 Å². The minimum absolute atomic E-state index is 0. The fraction of sp³-hybridized carbons (Fsp3) is 0.455. The summed E-state index contributed by atoms with van der Waals surface area (Å²) < 4.78 is 15.5. The van der Waals surface area contributed by atoms with Crippen LogP contribution in [0.15, 0.2) is 12.1 Å². The molecule has 6 heteroatoms. The van der Waals surface area contributed by atoms with Crippen molar-refractivity contribution in [1.82, 2.24) is 0 Å². The van der Waals surface area contributed by atoms with Crippen LogP contribution in [0.25, 0.3) is 0 Å². The van der Waals surface area contributed by atoms with E-state index in [2.05, 4.69) is 0 Å². The minimum Gasteiger partial charge on any atom is -0.496 e. The Hall–Kier alpha value is -1.17. The van der Waals surface area contributed by atoms with E-state index in [1.807, 2.05) is 0 Å². The Balaban J connectivity index is 0.00000256. The lowest BCUT2D eigenvalue weighted by Gasteiger charge is -2.17. The van der Waals surface area contributed by atoms with Gasteiger partial charge in [0, 0.05) is 11.6 Å². The molecule has 98 valence electrons. The SMILES string of the molecule is COc1cc(OC)c([C@@H](N)CO)cc1OC.Cl. The van der Waals surface area contributed by atoms with Gasteiger partial charge in [0.15, 0.2) is 11.5 Å². The molecule has 1 rings (SSSR count). The van der Waals surface area contributed by atoms with Crippen LogP contribution in [0.5, 0.6) is 17.2 Å². The summed E-state index contributed by atoms with van der Waals surface area (Å²) in [5.74, 6) is 1.69. The van der Waals surface area contributed by atoms with Crippen molar-refractivity contribution in [2.45, 2.75) is 6.04 Å². The van der Waals surface area contributed by atoms with E-state index in [9.17, 15) is 0 Å². The van der Waals surface area contributed by atoms with Crippen molar-refractivity contribution in [2.75, 3.05) is 27.9 Å². The molecule has 5 nitrogen and oxygen atoms in total. The fourth-order valence-corrected chi connectivity index (χ4v) is 1.44. The van der Waals surface area contributed by atoms with E-state index in [0.29, 0.717) is 22.8 Å². The van der Waals surface area contributed by atoms with Crippen molar-refractivity contribution in [3.8, 4) is 17.2 Å². The first-order valence-electron chi connectivity index (χ1n) is 4.84. The highest BCUT2D eigenvalue weighted by molar-refractivity contribution is 5.85. The molecule has 0 aliphatic heterocycles. The number of halogens is 1. The van der Waals surface area contributed by atoms with Crippen molar-refractivity contribution in [2.24, 2.45) is 5.73 Å². The second-order valence-corrected chi connectivity index (χ2v) is 3.24. The molecule has 0 bridgehead atoms. The Kier molecular flexibility index (Phi) is 6.72. The highest BCUT2D eigenvalue weighted by Gasteiger charge is 2.16. The Morgan fingerprint density at radius 1 is 1.06 bits per heavy atom. The molecular formula is C11H18ClNO4. The molecule has 17 heavy (non-hydrogen) atoms. The number of hydrogen-bond donors (Lipinski definition) is 2. The first kappa shape index (κ1) is 15.8. The molecule has 0 heterocycles. The first-order valence-corrected chi connectivity index (χ1v) is 4.84. The molecule has 1 aromatic carbocycles. The molecular weight excluding hydrogens is 246 g/mol. The van der Waals surface area contributed by atoms with Crippen molar-refractivity contribution in [3.05, 3.63) is 17.7 Å². The summed E-state index contributed by atoms with van der Waals surface area (Å²) in [5.41, 5.74) is 6.44. The van der Waals surface area contributed by atoms with E-state index in [-0.39, 0.29) is 19.0 Å². The lowest BCUT2D eigenvalue weighted by atomic mass is 10.1. The van der Waals surface area contributed by atoms with Gasteiger partial charge in [0.25, 0.3) is 0 Å². The van der Waals surface area contributed by atoms with E-state index in [1.165, 1.54) is 7.11 Å². The summed E-state index contributed by atoms with van der Waals surface area (Å²) in [4.78, 5) is 0. The summed E-state index contributed by atoms with van der Waals surface area (Å²) in [6.07, 6.45) is 0. The van der Waals surface area contributed by atoms with Gasteiger partial charge in [0.1, 0.15) is 5.75 Å². The molecule has 0 spiro atoms. The quantitative estimate of drug-likeness (QED) is 0.833. The standard InChI is InChI=1S/C11H17NO4.ClH/c1-14-9-5-11(16-3)10(15-2)4-7(9)8(12)6-13;/h4-5,8,13H,6,12H2,1-3H3;1H/t8-;/m0./s1. The molecule has 0 unspecified atom stereocenters. The van der Waals surface area contributed by atoms with Crippen molar-refractivity contribution < 1.29 is 19.3 Å². The fourth-order valence-electron chi connectivity index (χ4n) is 1.44. The molecule has 0 saturated heterocycles. The van der Waals surface area contributed by atoms with Crippen LogP contribution in [0.4, 0.5) is 0 Å². The van der Waals surface area contributed by atoms with Crippen LogP contribution in [-0.4, -0.2) is 33.0 Å². The van der Waals surface area contributed by atoms with Crippen molar-refractivity contribution in [3.63, 3.8) is 0 Å². The summed E-state index contributed by atoms with van der Waals surface area (Å²) in [6.45, 7) is -0.161. The predicted molar refractivity (Wildman–Crippen MR) is 67.4 cm³/mol. The monoisotopic (exact) mass is 263 g/mol. The van der Waals surface area contributed by atoms with Crippen LogP contribution in [0, 0.1) is 0 Å². The van der Waals surface area contributed by atoms with Crippen LogP contribution >= 0.6 is 12.4 Å². The van der Waals surface area contributed by atoms with Gasteiger partial charge in [-0.05, 0) is 6.07 Å². The zero-order valence-electron chi connectivity index (χ0n) is 10.1. The molecule has 0 fully saturated rings. The van der Waals surface area contributed by atoms with Gasteiger partial charge >= 0.3 is 0 Å². The maximum absolute atomic E-state index is 9.05. The number of rotatable bonds is 5. The summed E-state index contributed by atoms with van der Waals surface area (Å²) in [7, 11) is 4.62. The maximum atomic E-state index is 9.05. The third-order valence-electron chi connectivity index (χ3n) is 2.33. The van der Waals surface area contributed by atoms with E-state index in [0.717, 1.165) is 0 Å². The Morgan fingerprint density at radius 2 is 1.53 bits per heavy atom. The second kappa shape index (κ2) is 7.21. The molecule has 1 aromatic rings. The van der Waals surface area contributed by atoms with E-state index < -0.39 is 6.04 Å². The zero-order chi connectivity index (χ0) is 12.1. The summed E-state index contributed by atoms with van der Waals surface area (Å²) in [6, 6.07) is 2.89. The molecule has 0 aromatic heterocycles. The van der Waals surface area contributed by atoms with E-state index in [1.54, 1.807) is 26.4 Å². The van der Waals surface area contributed by atoms with Gasteiger partial charge in [-0.2, -0.15) is 0 Å². The maximum Gasteiger partial charge on any atom is 0.164 e. The number of hydrogen-bond acceptors (Lipinski definition) is 5. The predicted octanol–water partition coefficient (Wildman–Crippen LogP) is 1.13.